The van der Waals surface area contributed by atoms with Gasteiger partial charge in [-0.15, -0.1) is 0 Å². The summed E-state index contributed by atoms with van der Waals surface area (Å²) in [6, 6.07) is 0. The molecule has 0 aromatic carbocycles. The second-order valence-electron chi connectivity index (χ2n) is 0. The van der Waals surface area contributed by atoms with Crippen LogP contribution in [0.2, 0.25) is 0 Å². The van der Waals surface area contributed by atoms with Gasteiger partial charge in [-0.05, 0) is 0 Å². The van der Waals surface area contributed by atoms with Crippen molar-refractivity contribution in [3.8, 4) is 0 Å². The summed E-state index contributed by atoms with van der Waals surface area (Å²) in [5.41, 5.74) is 0. The molecule has 0 unspecified atom stereocenters. The van der Waals surface area contributed by atoms with E-state index in [9.17, 15) is 0 Å². The van der Waals surface area contributed by atoms with Crippen molar-refractivity contribution in [2.24, 2.45) is 0 Å². The van der Waals surface area contributed by atoms with Gasteiger partial charge in [0.1, 0.15) is 0 Å². The molecule has 0 rings (SSSR count). The van der Waals surface area contributed by atoms with Gasteiger partial charge in [0.2, 0.25) is 0 Å². The van der Waals surface area contributed by atoms with E-state index in [1.54, 1.807) is 0 Å². The first-order valence-corrected chi connectivity index (χ1v) is 1.08. The number of rotatable bonds is 0. The molecule has 0 aliphatic heterocycles. The summed E-state index contributed by atoms with van der Waals surface area (Å²) in [7, 11) is 0. The van der Waals surface area contributed by atoms with Gasteiger partial charge in [0, 0.05) is 37.6 Å². The monoisotopic (exact) mass is 265 g/mol. The Labute approximate surface area is 61.4 Å². The van der Waals surface area contributed by atoms with Crippen molar-refractivity contribution < 1.29 is 61.8 Å². The molecule has 4 heavy (non-hydrogen) atoms. The summed E-state index contributed by atoms with van der Waals surface area (Å²) in [5.74, 6) is 0. The maximum absolute atomic E-state index is 8.30. The van der Waals surface area contributed by atoms with Crippen LogP contribution in [0.4, 0.5) is 0 Å². The fourth-order valence-corrected chi connectivity index (χ4v) is 0. The van der Waals surface area contributed by atoms with Crippen LogP contribution in [-0.4, -0.2) is 0 Å². The molecular weight excluding hydrogens is 264 g/mol. The topological polar surface area (TPSA) is 17.1 Å². The number of hydrogen-bond acceptors (Lipinski definition) is 1. The third-order valence-corrected chi connectivity index (χ3v) is 0. The fraction of sp³-hybridized carbons (Fsp3) is 0. The quantitative estimate of drug-likeness (QED) is 0.557. The minimum absolute atomic E-state index is 0. The Kier molecular flexibility index (Phi) is 95.0. The molecule has 0 N–H and O–H groups in total. The van der Waals surface area contributed by atoms with E-state index in [1.807, 2.05) is 0 Å². The van der Waals surface area contributed by atoms with Gasteiger partial charge in [-0.1, -0.05) is 0 Å². The van der Waals surface area contributed by atoms with Crippen LogP contribution in [-0.2, 0) is 61.8 Å². The molecule has 0 aromatic heterocycles. The van der Waals surface area contributed by atoms with Crippen molar-refractivity contribution in [3.63, 3.8) is 0 Å². The minimum atomic E-state index is 0. The van der Waals surface area contributed by atoms with Crippen molar-refractivity contribution in [2.45, 2.75) is 0 Å². The first kappa shape index (κ1) is 17.2. The molecule has 0 radical (unpaired) electrons. The Hall–Kier alpha value is 1.72. The van der Waals surface area contributed by atoms with Crippen LogP contribution >= 0.6 is 0 Å². The summed E-state index contributed by atoms with van der Waals surface area (Å²) in [4.78, 5) is 0. The zero-order valence-electron chi connectivity index (χ0n) is 1.58. The molecule has 27 valence electrons. The molecule has 0 heterocycles. The van der Waals surface area contributed by atoms with Crippen molar-refractivity contribution in [1.29, 1.82) is 0 Å². The van der Waals surface area contributed by atoms with Crippen LogP contribution in [0.15, 0.2) is 0 Å². The third kappa shape index (κ3) is 9.30. The first-order chi connectivity index (χ1) is 1.00. The van der Waals surface area contributed by atoms with E-state index >= 15 is 0 Å². The normalized spacial score (nSPS) is 0.750. The van der Waals surface area contributed by atoms with Gasteiger partial charge in [-0.25, -0.2) is 0 Å². The SMILES string of the molecule is [Mo].[Ni].[O]=[Nb]. The molecule has 0 fully saturated rings. The molecule has 0 spiro atoms. The van der Waals surface area contributed by atoms with Gasteiger partial charge in [-0.3, -0.25) is 0 Å². The van der Waals surface area contributed by atoms with Crippen LogP contribution in [0.3, 0.4) is 0 Å². The molecule has 4 heteroatoms. The standard InChI is InChI=1S/Mo.Nb.Ni.O. The molecule has 0 aliphatic carbocycles. The molecule has 0 saturated heterocycles. The van der Waals surface area contributed by atoms with Crippen LogP contribution in [0, 0.1) is 0 Å². The van der Waals surface area contributed by atoms with Crippen molar-refractivity contribution in [2.75, 3.05) is 0 Å². The van der Waals surface area contributed by atoms with Gasteiger partial charge >= 0.3 is 24.3 Å². The molecule has 0 atom stereocenters. The molecular formula is MoNbNiO. The van der Waals surface area contributed by atoms with Crippen LogP contribution in [0.25, 0.3) is 0 Å². The predicted molar refractivity (Wildman–Crippen MR) is 0.686 cm³/mol. The van der Waals surface area contributed by atoms with E-state index < -0.39 is 0 Å². The third-order valence-electron chi connectivity index (χ3n) is 0. The maximum atomic E-state index is 8.30. The summed E-state index contributed by atoms with van der Waals surface area (Å²) in [5, 5.41) is 0. The van der Waals surface area contributed by atoms with Crippen LogP contribution in [0.1, 0.15) is 0 Å². The van der Waals surface area contributed by atoms with Gasteiger partial charge in [0.05, 0.1) is 0 Å². The van der Waals surface area contributed by atoms with Gasteiger partial charge in [-0.2, -0.15) is 0 Å². The van der Waals surface area contributed by atoms with E-state index in [4.69, 9.17) is 3.25 Å². The fourth-order valence-electron chi connectivity index (χ4n) is 0. The molecule has 1 nitrogen and oxygen atoms in total. The molecule has 0 aliphatic rings. The van der Waals surface area contributed by atoms with Crippen molar-refractivity contribution in [3.05, 3.63) is 0 Å². The average Bonchev–Trinajstić information content (AvgIpc) is 1.00. The van der Waals surface area contributed by atoms with E-state index in [2.05, 4.69) is 0 Å². The van der Waals surface area contributed by atoms with Crippen LogP contribution < -0.4 is 0 Å². The summed E-state index contributed by atoms with van der Waals surface area (Å²) >= 11 is 0.500. The van der Waals surface area contributed by atoms with Gasteiger partial charge in [0.25, 0.3) is 0 Å². The summed E-state index contributed by atoms with van der Waals surface area (Å²) < 4.78 is 8.30. The Morgan fingerprint density at radius 3 is 1.25 bits per heavy atom. The Morgan fingerprint density at radius 2 is 1.25 bits per heavy atom. The van der Waals surface area contributed by atoms with Gasteiger partial charge < -0.3 is 0 Å². The van der Waals surface area contributed by atoms with Crippen LogP contribution in [0.5, 0.6) is 0 Å². The van der Waals surface area contributed by atoms with E-state index in [-0.39, 0.29) is 37.6 Å². The van der Waals surface area contributed by atoms with Gasteiger partial charge in [0.15, 0.2) is 0 Å². The van der Waals surface area contributed by atoms with Crippen molar-refractivity contribution >= 4 is 0 Å². The zero-order valence-corrected chi connectivity index (χ0v) is 6.77. The first-order valence-electron chi connectivity index (χ1n) is 0.183. The molecule has 0 saturated carbocycles. The number of hydrogen-bond donors (Lipinski definition) is 0. The second kappa shape index (κ2) is 22.1. The Bertz CT molecular complexity index is 8.00. The summed E-state index contributed by atoms with van der Waals surface area (Å²) in [6.45, 7) is 0. The molecule has 0 amide bonds. The second-order valence-corrected chi connectivity index (χ2v) is 0. The van der Waals surface area contributed by atoms with Crippen molar-refractivity contribution in [1.82, 2.24) is 0 Å². The molecule has 0 aromatic rings. The molecule has 0 bridgehead atoms. The Balaban J connectivity index is -0.00000000500. The summed E-state index contributed by atoms with van der Waals surface area (Å²) in [6.07, 6.45) is 0. The van der Waals surface area contributed by atoms with E-state index in [0.717, 1.165) is 0 Å². The average molecular weight is 264 g/mol. The zero-order chi connectivity index (χ0) is 2.00. The van der Waals surface area contributed by atoms with E-state index in [1.165, 1.54) is 0 Å². The van der Waals surface area contributed by atoms with E-state index in [0.29, 0.717) is 21.0 Å². The predicted octanol–water partition coefficient (Wildman–Crippen LogP) is -0.126. The Morgan fingerprint density at radius 1 is 1.25 bits per heavy atom.